The summed E-state index contributed by atoms with van der Waals surface area (Å²) in [5.41, 5.74) is 0.00938. The Labute approximate surface area is 166 Å². The number of hydrogen-bond acceptors (Lipinski definition) is 5. The van der Waals surface area contributed by atoms with Gasteiger partial charge < -0.3 is 9.64 Å². The lowest BCUT2D eigenvalue weighted by Crippen LogP contribution is -2.40. The molecule has 0 unspecified atom stereocenters. The average molecular weight is 403 g/mol. The van der Waals surface area contributed by atoms with Crippen LogP contribution in [-0.4, -0.2) is 38.9 Å². The highest BCUT2D eigenvalue weighted by Gasteiger charge is 2.25. The van der Waals surface area contributed by atoms with Gasteiger partial charge in [-0.2, -0.15) is 10.1 Å². The van der Waals surface area contributed by atoms with Gasteiger partial charge in [-0.1, -0.05) is 0 Å². The number of anilines is 1. The minimum absolute atomic E-state index is 0.0480. The van der Waals surface area contributed by atoms with Crippen LogP contribution in [0.1, 0.15) is 33.6 Å². The largest absolute Gasteiger partial charge is 0.487 e. The van der Waals surface area contributed by atoms with Crippen LogP contribution in [0.5, 0.6) is 5.75 Å². The van der Waals surface area contributed by atoms with Gasteiger partial charge in [0.15, 0.2) is 17.2 Å². The van der Waals surface area contributed by atoms with E-state index in [9.17, 15) is 13.6 Å². The van der Waals surface area contributed by atoms with Gasteiger partial charge in [0.25, 0.3) is 5.56 Å². The Kier molecular flexibility index (Phi) is 4.76. The minimum Gasteiger partial charge on any atom is -0.487 e. The van der Waals surface area contributed by atoms with Crippen molar-refractivity contribution in [2.45, 2.75) is 45.3 Å². The standard InChI is InChI=1S/C20H23F2N5O2/c1-20(2,3)27-17-14(11-23-27)18(28)25-19(24-17)26-8-6-13(7-9-26)29-16-5-4-12(21)10-15(16)22/h4-5,10-11,13H,6-9H2,1-3H3,(H,24,25,28). The van der Waals surface area contributed by atoms with Crippen LogP contribution >= 0.6 is 0 Å². The van der Waals surface area contributed by atoms with E-state index in [1.807, 2.05) is 25.7 Å². The molecule has 0 radical (unpaired) electrons. The third-order valence-electron chi connectivity index (χ3n) is 4.99. The molecule has 1 aromatic carbocycles. The molecule has 3 heterocycles. The Bertz CT molecular complexity index is 1090. The lowest BCUT2D eigenvalue weighted by atomic mass is 10.1. The van der Waals surface area contributed by atoms with E-state index in [0.29, 0.717) is 42.9 Å². The first-order valence-electron chi connectivity index (χ1n) is 9.57. The number of nitrogens with one attached hydrogen (secondary N) is 1. The van der Waals surface area contributed by atoms with Crippen LogP contribution in [0.15, 0.2) is 29.2 Å². The van der Waals surface area contributed by atoms with Gasteiger partial charge in [0.05, 0.1) is 11.7 Å². The van der Waals surface area contributed by atoms with Gasteiger partial charge in [-0.3, -0.25) is 9.78 Å². The molecular formula is C20H23F2N5O2. The summed E-state index contributed by atoms with van der Waals surface area (Å²) in [4.78, 5) is 21.9. The van der Waals surface area contributed by atoms with Crippen molar-refractivity contribution in [1.82, 2.24) is 19.7 Å². The molecule has 1 aliphatic rings. The van der Waals surface area contributed by atoms with Gasteiger partial charge in [-0.05, 0) is 32.9 Å². The van der Waals surface area contributed by atoms with Gasteiger partial charge in [0.1, 0.15) is 17.3 Å². The van der Waals surface area contributed by atoms with E-state index in [0.717, 1.165) is 6.07 Å². The molecule has 9 heteroatoms. The second-order valence-electron chi connectivity index (χ2n) is 8.23. The summed E-state index contributed by atoms with van der Waals surface area (Å²) < 4.78 is 34.3. The summed E-state index contributed by atoms with van der Waals surface area (Å²) in [6.07, 6.45) is 2.59. The Morgan fingerprint density at radius 1 is 1.21 bits per heavy atom. The molecule has 4 rings (SSSR count). The summed E-state index contributed by atoms with van der Waals surface area (Å²) in [6, 6.07) is 3.29. The van der Waals surface area contributed by atoms with E-state index in [2.05, 4.69) is 15.1 Å². The van der Waals surface area contributed by atoms with Gasteiger partial charge in [-0.25, -0.2) is 13.5 Å². The Morgan fingerprint density at radius 2 is 1.93 bits per heavy atom. The molecule has 1 fully saturated rings. The molecule has 0 amide bonds. The van der Waals surface area contributed by atoms with Crippen molar-refractivity contribution < 1.29 is 13.5 Å². The maximum Gasteiger partial charge on any atom is 0.263 e. The minimum atomic E-state index is -0.709. The normalized spacial score (nSPS) is 15.8. The first kappa shape index (κ1) is 19.4. The molecule has 0 bridgehead atoms. The quantitative estimate of drug-likeness (QED) is 0.727. The first-order valence-corrected chi connectivity index (χ1v) is 9.57. The third-order valence-corrected chi connectivity index (χ3v) is 4.99. The number of nitrogens with zero attached hydrogens (tertiary/aromatic N) is 4. The smallest absolute Gasteiger partial charge is 0.263 e. The number of ether oxygens (including phenoxy) is 1. The molecular weight excluding hydrogens is 380 g/mol. The van der Waals surface area contributed by atoms with Crippen LogP contribution in [0.25, 0.3) is 11.0 Å². The topological polar surface area (TPSA) is 76.0 Å². The molecule has 1 saturated heterocycles. The first-order chi connectivity index (χ1) is 13.7. The van der Waals surface area contributed by atoms with Crippen LogP contribution < -0.4 is 15.2 Å². The van der Waals surface area contributed by atoms with E-state index in [4.69, 9.17) is 4.74 Å². The number of benzene rings is 1. The van der Waals surface area contributed by atoms with Crippen LogP contribution in [0, 0.1) is 11.6 Å². The lowest BCUT2D eigenvalue weighted by Gasteiger charge is -2.32. The Hall–Kier alpha value is -2.97. The molecule has 3 aromatic rings. The lowest BCUT2D eigenvalue weighted by molar-refractivity contribution is 0.163. The monoisotopic (exact) mass is 403 g/mol. The van der Waals surface area contributed by atoms with Crippen molar-refractivity contribution in [3.8, 4) is 5.75 Å². The fourth-order valence-electron chi connectivity index (χ4n) is 3.48. The SMILES string of the molecule is CC(C)(C)n1ncc2c(=O)[nH]c(N3CCC(Oc4ccc(F)cc4F)CC3)nc21. The Balaban J connectivity index is 1.51. The van der Waals surface area contributed by atoms with Gasteiger partial charge >= 0.3 is 0 Å². The zero-order valence-electron chi connectivity index (χ0n) is 16.6. The number of piperidine rings is 1. The highest BCUT2D eigenvalue weighted by molar-refractivity contribution is 5.74. The van der Waals surface area contributed by atoms with E-state index < -0.39 is 11.6 Å². The van der Waals surface area contributed by atoms with Crippen LogP contribution in [0.3, 0.4) is 0 Å². The van der Waals surface area contributed by atoms with Crippen molar-refractivity contribution >= 4 is 17.0 Å². The van der Waals surface area contributed by atoms with Gasteiger partial charge in [0.2, 0.25) is 5.95 Å². The highest BCUT2D eigenvalue weighted by atomic mass is 19.1. The van der Waals surface area contributed by atoms with Crippen LogP contribution in [0.2, 0.25) is 0 Å². The molecule has 0 atom stereocenters. The number of rotatable bonds is 3. The summed E-state index contributed by atoms with van der Waals surface area (Å²) >= 11 is 0. The number of aromatic amines is 1. The summed E-state index contributed by atoms with van der Waals surface area (Å²) in [5.74, 6) is -0.810. The van der Waals surface area contributed by atoms with Crippen molar-refractivity contribution in [2.24, 2.45) is 0 Å². The van der Waals surface area contributed by atoms with E-state index >= 15 is 0 Å². The second-order valence-corrected chi connectivity index (χ2v) is 8.23. The molecule has 154 valence electrons. The number of aromatic nitrogens is 4. The fourth-order valence-corrected chi connectivity index (χ4v) is 3.48. The summed E-state index contributed by atoms with van der Waals surface area (Å²) in [5, 5.41) is 4.77. The van der Waals surface area contributed by atoms with Crippen molar-refractivity contribution in [3.05, 3.63) is 46.4 Å². The Morgan fingerprint density at radius 3 is 2.59 bits per heavy atom. The van der Waals surface area contributed by atoms with Crippen LogP contribution in [0.4, 0.5) is 14.7 Å². The predicted molar refractivity (Wildman–Crippen MR) is 105 cm³/mol. The zero-order valence-corrected chi connectivity index (χ0v) is 16.6. The van der Waals surface area contributed by atoms with Crippen molar-refractivity contribution in [2.75, 3.05) is 18.0 Å². The van der Waals surface area contributed by atoms with Crippen molar-refractivity contribution in [1.29, 1.82) is 0 Å². The summed E-state index contributed by atoms with van der Waals surface area (Å²) in [7, 11) is 0. The fraction of sp³-hybridized carbons (Fsp3) is 0.450. The number of hydrogen-bond donors (Lipinski definition) is 1. The maximum absolute atomic E-state index is 13.8. The van der Waals surface area contributed by atoms with E-state index in [1.165, 1.54) is 18.3 Å². The molecule has 0 saturated carbocycles. The van der Waals surface area contributed by atoms with Gasteiger partial charge in [0, 0.05) is 32.0 Å². The van der Waals surface area contributed by atoms with E-state index in [-0.39, 0.29) is 23.0 Å². The maximum atomic E-state index is 13.8. The van der Waals surface area contributed by atoms with Crippen molar-refractivity contribution in [3.63, 3.8) is 0 Å². The van der Waals surface area contributed by atoms with Gasteiger partial charge in [-0.15, -0.1) is 0 Å². The number of fused-ring (bicyclic) bond motifs is 1. The summed E-state index contributed by atoms with van der Waals surface area (Å²) in [6.45, 7) is 7.18. The molecule has 29 heavy (non-hydrogen) atoms. The molecule has 0 spiro atoms. The molecule has 1 N–H and O–H groups in total. The predicted octanol–water partition coefficient (Wildman–Crippen LogP) is 3.20. The third kappa shape index (κ3) is 3.81. The van der Waals surface area contributed by atoms with E-state index in [1.54, 1.807) is 4.68 Å². The van der Waals surface area contributed by atoms with Crippen LogP contribution in [-0.2, 0) is 5.54 Å². The second kappa shape index (κ2) is 7.13. The zero-order chi connectivity index (χ0) is 20.8. The number of H-pyrrole nitrogens is 1. The molecule has 1 aliphatic heterocycles. The highest BCUT2D eigenvalue weighted by Crippen LogP contribution is 2.25. The number of halogens is 2. The average Bonchev–Trinajstić information content (AvgIpc) is 3.10. The molecule has 0 aliphatic carbocycles. The molecule has 7 nitrogen and oxygen atoms in total. The molecule has 2 aromatic heterocycles.